The second kappa shape index (κ2) is 8.55. The maximum Gasteiger partial charge on any atom is 0.308 e. The monoisotopic (exact) mass is 347 g/mol. The number of carbonyl (C=O) groups is 1. The summed E-state index contributed by atoms with van der Waals surface area (Å²) in [6, 6.07) is 5.36. The number of rotatable bonds is 8. The fourth-order valence-corrected chi connectivity index (χ4v) is 2.67. The first-order valence-electron chi connectivity index (χ1n) is 8.51. The van der Waals surface area contributed by atoms with Crippen LogP contribution in [0, 0.1) is 0 Å². The Kier molecular flexibility index (Phi) is 6.44. The van der Waals surface area contributed by atoms with Crippen LogP contribution in [0.5, 0.6) is 17.2 Å². The average Bonchev–Trinajstić information content (AvgIpc) is 2.60. The molecule has 2 rings (SSSR count). The second-order valence-corrected chi connectivity index (χ2v) is 5.91. The lowest BCUT2D eigenvalue weighted by molar-refractivity contribution is -0.132. The molecule has 0 fully saturated rings. The van der Waals surface area contributed by atoms with Gasteiger partial charge in [0.25, 0.3) is 5.56 Å². The number of unbranched alkanes of at least 4 members (excludes halogenated alkanes) is 3. The molecule has 0 atom stereocenters. The van der Waals surface area contributed by atoms with Crippen LogP contribution in [0.1, 0.15) is 39.5 Å². The van der Waals surface area contributed by atoms with E-state index < -0.39 is 11.5 Å². The van der Waals surface area contributed by atoms with Crippen molar-refractivity contribution in [2.75, 3.05) is 13.7 Å². The van der Waals surface area contributed by atoms with Crippen LogP contribution in [0.2, 0.25) is 0 Å². The smallest absolute Gasteiger partial charge is 0.308 e. The largest absolute Gasteiger partial charge is 0.497 e. The standard InChI is InChI=1S/C19H25NO5/c1-5-6-7-8-11-24-17-15-10-9-14(23-4)12-16(15)20(3)19(22)18(17)25-13(2)21/h9-10,12H,5-8,11H2,1-4H3. The molecular formula is C19H25NO5. The number of nitrogens with zero attached hydrogens (tertiary/aromatic N) is 1. The predicted molar refractivity (Wildman–Crippen MR) is 96.7 cm³/mol. The van der Waals surface area contributed by atoms with Crippen molar-refractivity contribution in [2.45, 2.75) is 39.5 Å². The normalized spacial score (nSPS) is 10.7. The molecule has 0 amide bonds. The van der Waals surface area contributed by atoms with Crippen molar-refractivity contribution < 1.29 is 19.0 Å². The highest BCUT2D eigenvalue weighted by Gasteiger charge is 2.20. The summed E-state index contributed by atoms with van der Waals surface area (Å²) in [5.74, 6) is 0.327. The summed E-state index contributed by atoms with van der Waals surface area (Å²) in [4.78, 5) is 24.1. The van der Waals surface area contributed by atoms with E-state index in [4.69, 9.17) is 14.2 Å². The Morgan fingerprint density at radius 1 is 1.16 bits per heavy atom. The first kappa shape index (κ1) is 18.8. The number of methoxy groups -OCH3 is 1. The van der Waals surface area contributed by atoms with Crippen LogP contribution in [0.4, 0.5) is 0 Å². The molecule has 0 unspecified atom stereocenters. The topological polar surface area (TPSA) is 66.8 Å². The van der Waals surface area contributed by atoms with Crippen molar-refractivity contribution in [1.82, 2.24) is 4.57 Å². The van der Waals surface area contributed by atoms with Gasteiger partial charge in [0.05, 0.1) is 19.2 Å². The molecule has 0 saturated carbocycles. The number of ether oxygens (including phenoxy) is 3. The van der Waals surface area contributed by atoms with E-state index in [9.17, 15) is 9.59 Å². The summed E-state index contributed by atoms with van der Waals surface area (Å²) < 4.78 is 17.7. The molecule has 136 valence electrons. The predicted octanol–water partition coefficient (Wildman–Crippen LogP) is 3.43. The third-order valence-corrected chi connectivity index (χ3v) is 4.01. The van der Waals surface area contributed by atoms with Gasteiger partial charge in [-0.15, -0.1) is 0 Å². The first-order chi connectivity index (χ1) is 12.0. The van der Waals surface area contributed by atoms with E-state index in [2.05, 4.69) is 6.92 Å². The SMILES string of the molecule is CCCCCCOc1c(OC(C)=O)c(=O)n(C)c2cc(OC)ccc12. The van der Waals surface area contributed by atoms with Gasteiger partial charge < -0.3 is 18.8 Å². The summed E-state index contributed by atoms with van der Waals surface area (Å²) in [5.41, 5.74) is 0.239. The number of hydrogen-bond acceptors (Lipinski definition) is 5. The Bertz CT molecular complexity index is 810. The van der Waals surface area contributed by atoms with Crippen molar-refractivity contribution >= 4 is 16.9 Å². The third-order valence-electron chi connectivity index (χ3n) is 4.01. The number of esters is 1. The third kappa shape index (κ3) is 4.32. The number of benzene rings is 1. The van der Waals surface area contributed by atoms with Crippen LogP contribution in [0.15, 0.2) is 23.0 Å². The van der Waals surface area contributed by atoms with Gasteiger partial charge in [0.15, 0.2) is 5.75 Å². The summed E-state index contributed by atoms with van der Waals surface area (Å²) in [6.07, 6.45) is 4.19. The van der Waals surface area contributed by atoms with Crippen molar-refractivity contribution in [3.63, 3.8) is 0 Å². The Labute approximate surface area is 147 Å². The Morgan fingerprint density at radius 2 is 1.92 bits per heavy atom. The van der Waals surface area contributed by atoms with Gasteiger partial charge in [-0.05, 0) is 18.6 Å². The minimum Gasteiger partial charge on any atom is -0.497 e. The highest BCUT2D eigenvalue weighted by Crippen LogP contribution is 2.34. The molecule has 0 N–H and O–H groups in total. The van der Waals surface area contributed by atoms with Crippen molar-refractivity contribution in [1.29, 1.82) is 0 Å². The zero-order chi connectivity index (χ0) is 18.4. The van der Waals surface area contributed by atoms with Crippen molar-refractivity contribution in [2.24, 2.45) is 7.05 Å². The van der Waals surface area contributed by atoms with Gasteiger partial charge >= 0.3 is 5.97 Å². The lowest BCUT2D eigenvalue weighted by atomic mass is 10.1. The summed E-state index contributed by atoms with van der Waals surface area (Å²) in [5, 5.41) is 0.703. The molecule has 0 spiro atoms. The van der Waals surface area contributed by atoms with Crippen molar-refractivity contribution in [3.8, 4) is 17.2 Å². The molecule has 0 bridgehead atoms. The van der Waals surface area contributed by atoms with E-state index in [0.29, 0.717) is 29.0 Å². The van der Waals surface area contributed by atoms with Crippen LogP contribution in [-0.2, 0) is 11.8 Å². The lowest BCUT2D eigenvalue weighted by Gasteiger charge is -2.16. The molecule has 0 aliphatic heterocycles. The number of carbonyl (C=O) groups excluding carboxylic acids is 1. The fraction of sp³-hybridized carbons (Fsp3) is 0.474. The highest BCUT2D eigenvalue weighted by molar-refractivity contribution is 5.89. The van der Waals surface area contributed by atoms with Gasteiger partial charge in [-0.2, -0.15) is 0 Å². The van der Waals surface area contributed by atoms with Crippen LogP contribution in [0.3, 0.4) is 0 Å². The van der Waals surface area contributed by atoms with E-state index in [0.717, 1.165) is 25.7 Å². The van der Waals surface area contributed by atoms with Crippen LogP contribution in [-0.4, -0.2) is 24.3 Å². The Balaban J connectivity index is 2.50. The number of aromatic nitrogens is 1. The average molecular weight is 347 g/mol. The van der Waals surface area contributed by atoms with Crippen LogP contribution >= 0.6 is 0 Å². The van der Waals surface area contributed by atoms with Crippen LogP contribution < -0.4 is 19.8 Å². The molecule has 1 heterocycles. The zero-order valence-corrected chi connectivity index (χ0v) is 15.3. The molecule has 2 aromatic rings. The Hall–Kier alpha value is -2.50. The van der Waals surface area contributed by atoms with Gasteiger partial charge in [-0.25, -0.2) is 0 Å². The molecule has 0 saturated heterocycles. The van der Waals surface area contributed by atoms with E-state index in [1.165, 1.54) is 11.5 Å². The lowest BCUT2D eigenvalue weighted by Crippen LogP contribution is -2.22. The second-order valence-electron chi connectivity index (χ2n) is 5.91. The maximum atomic E-state index is 12.6. The van der Waals surface area contributed by atoms with Crippen LogP contribution in [0.25, 0.3) is 10.9 Å². The van der Waals surface area contributed by atoms with Gasteiger partial charge in [-0.1, -0.05) is 26.2 Å². The molecule has 0 aliphatic carbocycles. The first-order valence-corrected chi connectivity index (χ1v) is 8.51. The van der Waals surface area contributed by atoms with Gasteiger partial charge in [-0.3, -0.25) is 9.59 Å². The van der Waals surface area contributed by atoms with E-state index >= 15 is 0 Å². The van der Waals surface area contributed by atoms with Crippen molar-refractivity contribution in [3.05, 3.63) is 28.6 Å². The summed E-state index contributed by atoms with van der Waals surface area (Å²) in [7, 11) is 3.19. The molecule has 1 aromatic carbocycles. The fourth-order valence-electron chi connectivity index (χ4n) is 2.67. The van der Waals surface area contributed by atoms with E-state index in [-0.39, 0.29) is 5.75 Å². The molecule has 6 nitrogen and oxygen atoms in total. The molecular weight excluding hydrogens is 322 g/mol. The molecule has 6 heteroatoms. The molecule has 25 heavy (non-hydrogen) atoms. The maximum absolute atomic E-state index is 12.6. The number of fused-ring (bicyclic) bond motifs is 1. The minimum atomic E-state index is -0.555. The summed E-state index contributed by atoms with van der Waals surface area (Å²) >= 11 is 0. The molecule has 1 aromatic heterocycles. The van der Waals surface area contributed by atoms with Gasteiger partial charge in [0.1, 0.15) is 5.75 Å². The quantitative estimate of drug-likeness (QED) is 0.541. The molecule has 0 radical (unpaired) electrons. The number of aryl methyl sites for hydroxylation is 1. The van der Waals surface area contributed by atoms with Gasteiger partial charge in [0, 0.05) is 25.4 Å². The van der Waals surface area contributed by atoms with E-state index in [1.807, 2.05) is 6.07 Å². The minimum absolute atomic E-state index is 0.0665. The molecule has 0 aliphatic rings. The van der Waals surface area contributed by atoms with Gasteiger partial charge in [0.2, 0.25) is 5.75 Å². The zero-order valence-electron chi connectivity index (χ0n) is 15.3. The summed E-state index contributed by atoms with van der Waals surface area (Å²) in [6.45, 7) is 3.87. The number of pyridine rings is 1. The highest BCUT2D eigenvalue weighted by atomic mass is 16.6. The number of hydrogen-bond donors (Lipinski definition) is 0. The Morgan fingerprint density at radius 3 is 2.56 bits per heavy atom. The van der Waals surface area contributed by atoms with E-state index in [1.54, 1.807) is 26.3 Å².